The van der Waals surface area contributed by atoms with Gasteiger partial charge in [0.1, 0.15) is 12.4 Å². The molecule has 148 valence electrons. The van der Waals surface area contributed by atoms with E-state index in [0.717, 1.165) is 35.6 Å². The number of carbonyl (C=O) groups excluding carboxylic acids is 1. The molecule has 0 radical (unpaired) electrons. The van der Waals surface area contributed by atoms with Crippen LogP contribution in [0.5, 0.6) is 0 Å². The molecule has 3 aromatic rings. The molecule has 0 aliphatic carbocycles. The normalized spacial score (nSPS) is 12.1. The van der Waals surface area contributed by atoms with Crippen molar-refractivity contribution in [1.82, 2.24) is 29.9 Å². The summed E-state index contributed by atoms with van der Waals surface area (Å²) in [5, 5.41) is 14.5. The molecule has 8 heteroatoms. The third kappa shape index (κ3) is 4.22. The summed E-state index contributed by atoms with van der Waals surface area (Å²) in [7, 11) is 0. The highest BCUT2D eigenvalue weighted by Crippen LogP contribution is 2.20. The zero-order valence-corrected chi connectivity index (χ0v) is 17.5. The number of nitrogens with zero attached hydrogens (tertiary/aromatic N) is 4. The lowest BCUT2D eigenvalue weighted by Crippen LogP contribution is -2.31. The molecule has 7 nitrogen and oxygen atoms in total. The topological polar surface area (TPSA) is 80.5 Å². The van der Waals surface area contributed by atoms with Gasteiger partial charge in [-0.25, -0.2) is 4.68 Å². The summed E-state index contributed by atoms with van der Waals surface area (Å²) in [6, 6.07) is 8.03. The molecule has 2 aromatic heterocycles. The van der Waals surface area contributed by atoms with Gasteiger partial charge in [0.05, 0.1) is 17.9 Å². The van der Waals surface area contributed by atoms with Crippen LogP contribution in [0, 0.1) is 18.6 Å². The predicted octanol–water partition coefficient (Wildman–Crippen LogP) is 3.57. The Morgan fingerprint density at radius 3 is 2.68 bits per heavy atom. The molecule has 0 saturated heterocycles. The van der Waals surface area contributed by atoms with Crippen molar-refractivity contribution in [1.29, 1.82) is 0 Å². The summed E-state index contributed by atoms with van der Waals surface area (Å²) in [6.45, 7) is 8.25. The fourth-order valence-electron chi connectivity index (χ4n) is 3.23. The summed E-state index contributed by atoms with van der Waals surface area (Å²) in [5.74, 6) is 0.698. The zero-order chi connectivity index (χ0) is 20.3. The van der Waals surface area contributed by atoms with Crippen molar-refractivity contribution in [2.75, 3.05) is 0 Å². The van der Waals surface area contributed by atoms with Crippen LogP contribution in [-0.2, 0) is 17.8 Å². The van der Waals surface area contributed by atoms with Crippen LogP contribution >= 0.6 is 12.2 Å². The maximum Gasteiger partial charge on any atom is 0.240 e. The van der Waals surface area contributed by atoms with Crippen LogP contribution in [0.15, 0.2) is 30.5 Å². The Bertz CT molecular complexity index is 1010. The third-order valence-corrected chi connectivity index (χ3v) is 5.09. The smallest absolute Gasteiger partial charge is 0.240 e. The molecule has 1 unspecified atom stereocenters. The number of H-pyrrole nitrogens is 1. The molecule has 0 fully saturated rings. The van der Waals surface area contributed by atoms with E-state index in [4.69, 9.17) is 12.2 Å². The van der Waals surface area contributed by atoms with E-state index < -0.39 is 0 Å². The SMILES string of the molecule is CCCc1n[nH]c(=S)n1CC(=O)NC(C)c1cnn(-c2ccc(C)cc2)c1C. The first-order chi connectivity index (χ1) is 13.4. The number of aryl methyl sites for hydroxylation is 2. The Balaban J connectivity index is 1.72. The van der Waals surface area contributed by atoms with Crippen molar-refractivity contribution in [2.24, 2.45) is 0 Å². The van der Waals surface area contributed by atoms with Crippen LogP contribution in [-0.4, -0.2) is 30.5 Å². The summed E-state index contributed by atoms with van der Waals surface area (Å²) >= 11 is 5.25. The highest BCUT2D eigenvalue weighted by molar-refractivity contribution is 7.71. The van der Waals surface area contributed by atoms with Gasteiger partial charge in [0.15, 0.2) is 4.77 Å². The Hall–Kier alpha value is -2.74. The number of carbonyl (C=O) groups is 1. The van der Waals surface area contributed by atoms with E-state index in [1.54, 1.807) is 4.57 Å². The van der Waals surface area contributed by atoms with Gasteiger partial charge in [-0.2, -0.15) is 10.2 Å². The first-order valence-electron chi connectivity index (χ1n) is 9.45. The maximum absolute atomic E-state index is 12.6. The van der Waals surface area contributed by atoms with Crippen LogP contribution < -0.4 is 5.32 Å². The molecule has 2 heterocycles. The van der Waals surface area contributed by atoms with Gasteiger partial charge in [-0.15, -0.1) is 0 Å². The van der Waals surface area contributed by atoms with Crippen molar-refractivity contribution < 1.29 is 4.79 Å². The first-order valence-corrected chi connectivity index (χ1v) is 9.86. The number of hydrogen-bond donors (Lipinski definition) is 2. The Morgan fingerprint density at radius 2 is 2.00 bits per heavy atom. The van der Waals surface area contributed by atoms with Gasteiger partial charge in [0, 0.05) is 17.7 Å². The molecule has 0 saturated carbocycles. The largest absolute Gasteiger partial charge is 0.348 e. The summed E-state index contributed by atoms with van der Waals surface area (Å²) in [5.41, 5.74) is 4.19. The van der Waals surface area contributed by atoms with Crippen LogP contribution in [0.25, 0.3) is 5.69 Å². The predicted molar refractivity (Wildman–Crippen MR) is 111 cm³/mol. The standard InChI is InChI=1S/C20H26N6OS/c1-5-6-18-23-24-20(28)25(18)12-19(27)22-14(3)17-11-21-26(15(17)4)16-9-7-13(2)8-10-16/h7-11,14H,5-6,12H2,1-4H3,(H,22,27)(H,24,28). The first kappa shape index (κ1) is 20.0. The quantitative estimate of drug-likeness (QED) is 0.596. The minimum Gasteiger partial charge on any atom is -0.348 e. The van der Waals surface area contributed by atoms with E-state index in [1.807, 2.05) is 36.9 Å². The van der Waals surface area contributed by atoms with Gasteiger partial charge in [0.2, 0.25) is 5.91 Å². The molecule has 0 aliphatic heterocycles. The lowest BCUT2D eigenvalue weighted by atomic mass is 10.1. The second kappa shape index (κ2) is 8.52. The number of nitrogens with one attached hydrogen (secondary N) is 2. The Kier molecular flexibility index (Phi) is 6.08. The molecule has 28 heavy (non-hydrogen) atoms. The fourth-order valence-corrected chi connectivity index (χ4v) is 3.45. The van der Waals surface area contributed by atoms with E-state index in [2.05, 4.69) is 46.6 Å². The van der Waals surface area contributed by atoms with E-state index >= 15 is 0 Å². The Morgan fingerprint density at radius 1 is 1.29 bits per heavy atom. The van der Waals surface area contributed by atoms with Crippen LogP contribution in [0.4, 0.5) is 0 Å². The van der Waals surface area contributed by atoms with Crippen molar-refractivity contribution in [3.05, 3.63) is 57.9 Å². The zero-order valence-electron chi connectivity index (χ0n) is 16.7. The van der Waals surface area contributed by atoms with Gasteiger partial charge < -0.3 is 5.32 Å². The molecular formula is C20H26N6OS. The summed E-state index contributed by atoms with van der Waals surface area (Å²) < 4.78 is 4.11. The number of rotatable bonds is 7. The fraction of sp³-hybridized carbons (Fsp3) is 0.400. The minimum absolute atomic E-state index is 0.107. The van der Waals surface area contributed by atoms with E-state index in [0.29, 0.717) is 4.77 Å². The van der Waals surface area contributed by atoms with Crippen molar-refractivity contribution in [3.8, 4) is 5.69 Å². The Labute approximate surface area is 169 Å². The van der Waals surface area contributed by atoms with Crippen LogP contribution in [0.3, 0.4) is 0 Å². The van der Waals surface area contributed by atoms with Crippen LogP contribution in [0.2, 0.25) is 0 Å². The van der Waals surface area contributed by atoms with Gasteiger partial charge in [-0.05, 0) is 51.5 Å². The number of aromatic amines is 1. The second-order valence-corrected chi connectivity index (χ2v) is 7.39. The van der Waals surface area contributed by atoms with Gasteiger partial charge in [-0.1, -0.05) is 24.6 Å². The van der Waals surface area contributed by atoms with Crippen molar-refractivity contribution in [2.45, 2.75) is 53.1 Å². The van der Waals surface area contributed by atoms with Crippen molar-refractivity contribution >= 4 is 18.1 Å². The molecule has 1 aromatic carbocycles. The molecule has 2 N–H and O–H groups in total. The lowest BCUT2D eigenvalue weighted by Gasteiger charge is -2.15. The second-order valence-electron chi connectivity index (χ2n) is 7.00. The number of aromatic nitrogens is 5. The molecule has 3 rings (SSSR count). The average Bonchev–Trinajstić information content (AvgIpc) is 3.20. The molecule has 1 atom stereocenters. The highest BCUT2D eigenvalue weighted by atomic mass is 32.1. The molecule has 0 aliphatic rings. The van der Waals surface area contributed by atoms with Gasteiger partial charge in [0.25, 0.3) is 0 Å². The maximum atomic E-state index is 12.6. The monoisotopic (exact) mass is 398 g/mol. The number of benzene rings is 1. The minimum atomic E-state index is -0.164. The van der Waals surface area contributed by atoms with E-state index in [9.17, 15) is 4.79 Å². The highest BCUT2D eigenvalue weighted by Gasteiger charge is 2.17. The number of amides is 1. The van der Waals surface area contributed by atoms with Gasteiger partial charge in [-0.3, -0.25) is 14.5 Å². The van der Waals surface area contributed by atoms with E-state index in [-0.39, 0.29) is 18.5 Å². The van der Waals surface area contributed by atoms with Crippen LogP contribution in [0.1, 0.15) is 49.0 Å². The molecular weight excluding hydrogens is 372 g/mol. The third-order valence-electron chi connectivity index (χ3n) is 4.78. The van der Waals surface area contributed by atoms with Gasteiger partial charge >= 0.3 is 0 Å². The van der Waals surface area contributed by atoms with Crippen molar-refractivity contribution in [3.63, 3.8) is 0 Å². The average molecular weight is 399 g/mol. The lowest BCUT2D eigenvalue weighted by molar-refractivity contribution is -0.122. The number of hydrogen-bond acceptors (Lipinski definition) is 4. The van der Waals surface area contributed by atoms with E-state index in [1.165, 1.54) is 5.56 Å². The molecule has 1 amide bonds. The molecule has 0 bridgehead atoms. The molecule has 0 spiro atoms. The summed E-state index contributed by atoms with van der Waals surface area (Å²) in [4.78, 5) is 12.6. The summed E-state index contributed by atoms with van der Waals surface area (Å²) in [6.07, 6.45) is 3.53.